The molecule has 0 aliphatic heterocycles. The molecule has 7 heteroatoms. The third-order valence-electron chi connectivity index (χ3n) is 3.55. The van der Waals surface area contributed by atoms with E-state index < -0.39 is 11.9 Å². The summed E-state index contributed by atoms with van der Waals surface area (Å²) in [6, 6.07) is 11.3. The van der Waals surface area contributed by atoms with Gasteiger partial charge in [0, 0.05) is 5.56 Å². The number of amides is 1. The molecule has 0 aliphatic carbocycles. The maximum Gasteiger partial charge on any atom is 0.338 e. The van der Waals surface area contributed by atoms with E-state index in [4.69, 9.17) is 15.3 Å². The molecule has 0 bridgehead atoms. The second kappa shape index (κ2) is 8.66. The van der Waals surface area contributed by atoms with Gasteiger partial charge in [0.25, 0.3) is 5.91 Å². The Labute approximate surface area is 151 Å². The van der Waals surface area contributed by atoms with E-state index in [9.17, 15) is 14.7 Å². The third-order valence-corrected chi connectivity index (χ3v) is 3.55. The van der Waals surface area contributed by atoms with Gasteiger partial charge in [-0.1, -0.05) is 17.3 Å². The van der Waals surface area contributed by atoms with Crippen molar-refractivity contribution in [1.29, 1.82) is 0 Å². The normalized spacial score (nSPS) is 11.1. The monoisotopic (exact) mass is 356 g/mol. The molecule has 26 heavy (non-hydrogen) atoms. The summed E-state index contributed by atoms with van der Waals surface area (Å²) in [5, 5.41) is 13.6. The zero-order valence-electron chi connectivity index (χ0n) is 14.6. The summed E-state index contributed by atoms with van der Waals surface area (Å²) in [6.07, 6.45) is 0. The first-order chi connectivity index (χ1) is 12.4. The van der Waals surface area contributed by atoms with Gasteiger partial charge < -0.3 is 20.4 Å². The zero-order chi connectivity index (χ0) is 19.1. The predicted octanol–water partition coefficient (Wildman–Crippen LogP) is 2.61. The summed E-state index contributed by atoms with van der Waals surface area (Å²) in [4.78, 5) is 28.3. The number of nitrogens with two attached hydrogens (primary N) is 1. The number of rotatable bonds is 7. The van der Waals surface area contributed by atoms with E-state index in [1.165, 1.54) is 12.1 Å². The van der Waals surface area contributed by atoms with E-state index in [1.54, 1.807) is 44.2 Å². The summed E-state index contributed by atoms with van der Waals surface area (Å²) in [6.45, 7) is 3.91. The fourth-order valence-electron chi connectivity index (χ4n) is 2.22. The molecule has 0 saturated carbocycles. The summed E-state index contributed by atoms with van der Waals surface area (Å²) < 4.78 is 4.96. The van der Waals surface area contributed by atoms with Crippen LogP contribution >= 0.6 is 0 Å². The molecule has 2 aromatic rings. The number of benzene rings is 2. The average Bonchev–Trinajstić information content (AvgIpc) is 2.62. The van der Waals surface area contributed by atoms with Crippen LogP contribution in [0.5, 0.6) is 5.75 Å². The van der Waals surface area contributed by atoms with Crippen molar-refractivity contribution in [3.05, 3.63) is 64.7 Å². The molecule has 0 aliphatic rings. The Hall–Kier alpha value is -3.35. The molecule has 0 saturated heterocycles. The number of hydrogen-bond acceptors (Lipinski definition) is 6. The van der Waals surface area contributed by atoms with Crippen LogP contribution in [0.15, 0.2) is 47.6 Å². The Kier molecular flexibility index (Phi) is 6.32. The van der Waals surface area contributed by atoms with Crippen LogP contribution in [-0.2, 0) is 16.2 Å². The highest BCUT2D eigenvalue weighted by Crippen LogP contribution is 2.18. The topological polar surface area (TPSA) is 111 Å². The van der Waals surface area contributed by atoms with Gasteiger partial charge in [-0.15, -0.1) is 0 Å². The number of carbonyl (C=O) groups excluding carboxylic acids is 2. The Bertz CT molecular complexity index is 846. The van der Waals surface area contributed by atoms with E-state index >= 15 is 0 Å². The van der Waals surface area contributed by atoms with Crippen molar-refractivity contribution in [2.75, 3.05) is 6.61 Å². The summed E-state index contributed by atoms with van der Waals surface area (Å²) in [5.41, 5.74) is 7.53. The number of ether oxygens (including phenoxy) is 1. The molecule has 3 N–H and O–H groups in total. The minimum absolute atomic E-state index is 0.0131. The number of carbonyl (C=O) groups is 2. The van der Waals surface area contributed by atoms with Crippen molar-refractivity contribution in [3.63, 3.8) is 0 Å². The molecule has 0 spiro atoms. The van der Waals surface area contributed by atoms with E-state index in [2.05, 4.69) is 5.16 Å². The minimum atomic E-state index is -0.728. The molecule has 136 valence electrons. The highest BCUT2D eigenvalue weighted by Gasteiger charge is 2.10. The Morgan fingerprint density at radius 1 is 1.15 bits per heavy atom. The van der Waals surface area contributed by atoms with Crippen molar-refractivity contribution in [2.45, 2.75) is 20.5 Å². The maximum absolute atomic E-state index is 11.7. The number of hydrogen-bond donors (Lipinski definition) is 2. The van der Waals surface area contributed by atoms with Gasteiger partial charge in [-0.2, -0.15) is 0 Å². The van der Waals surface area contributed by atoms with E-state index in [-0.39, 0.29) is 17.9 Å². The Balaban J connectivity index is 2.06. The lowest BCUT2D eigenvalue weighted by Crippen LogP contribution is -2.12. The molecule has 7 nitrogen and oxygen atoms in total. The third kappa shape index (κ3) is 4.83. The number of phenols is 1. The fourth-order valence-corrected chi connectivity index (χ4v) is 2.22. The van der Waals surface area contributed by atoms with Crippen LogP contribution in [0.4, 0.5) is 0 Å². The lowest BCUT2D eigenvalue weighted by molar-refractivity contribution is 0.0525. The van der Waals surface area contributed by atoms with Crippen molar-refractivity contribution < 1.29 is 24.3 Å². The molecule has 0 radical (unpaired) electrons. The molecular weight excluding hydrogens is 336 g/mol. The number of aromatic hydroxyl groups is 1. The molecule has 2 rings (SSSR count). The van der Waals surface area contributed by atoms with Gasteiger partial charge in [-0.3, -0.25) is 4.79 Å². The Morgan fingerprint density at radius 2 is 1.92 bits per heavy atom. The summed E-state index contributed by atoms with van der Waals surface area (Å²) >= 11 is 0. The van der Waals surface area contributed by atoms with Gasteiger partial charge in [-0.25, -0.2) is 4.79 Å². The second-order valence-corrected chi connectivity index (χ2v) is 5.47. The number of oxime groups is 1. The molecule has 0 heterocycles. The first-order valence-electron chi connectivity index (χ1n) is 7.98. The SMILES string of the molecule is CCOC(=O)c1cccc(CO/N=C(\C)c2ccc(O)c(C(N)=O)c2)c1. The zero-order valence-corrected chi connectivity index (χ0v) is 14.6. The highest BCUT2D eigenvalue weighted by molar-refractivity contribution is 6.02. The van der Waals surface area contributed by atoms with Crippen LogP contribution in [-0.4, -0.2) is 29.3 Å². The van der Waals surface area contributed by atoms with E-state index in [0.717, 1.165) is 5.56 Å². The van der Waals surface area contributed by atoms with Crippen LogP contribution in [0, 0.1) is 0 Å². The van der Waals surface area contributed by atoms with Gasteiger partial charge >= 0.3 is 5.97 Å². The van der Waals surface area contributed by atoms with Gasteiger partial charge in [0.1, 0.15) is 12.4 Å². The van der Waals surface area contributed by atoms with Crippen molar-refractivity contribution >= 4 is 17.6 Å². The van der Waals surface area contributed by atoms with Gasteiger partial charge in [0.05, 0.1) is 23.4 Å². The molecule has 2 aromatic carbocycles. The molecule has 0 atom stereocenters. The lowest BCUT2D eigenvalue weighted by atomic mass is 10.1. The van der Waals surface area contributed by atoms with Gasteiger partial charge in [0.2, 0.25) is 0 Å². The number of nitrogens with zero attached hydrogens (tertiary/aromatic N) is 1. The summed E-state index contributed by atoms with van der Waals surface area (Å²) in [5.74, 6) is -1.31. The lowest BCUT2D eigenvalue weighted by Gasteiger charge is -2.07. The van der Waals surface area contributed by atoms with Crippen LogP contribution in [0.25, 0.3) is 0 Å². The minimum Gasteiger partial charge on any atom is -0.507 e. The summed E-state index contributed by atoms with van der Waals surface area (Å²) in [7, 11) is 0. The average molecular weight is 356 g/mol. The first-order valence-corrected chi connectivity index (χ1v) is 7.98. The van der Waals surface area contributed by atoms with Gasteiger partial charge in [-0.05, 0) is 49.7 Å². The van der Waals surface area contributed by atoms with Crippen LogP contribution in [0.3, 0.4) is 0 Å². The molecule has 1 amide bonds. The van der Waals surface area contributed by atoms with Crippen LogP contribution < -0.4 is 5.73 Å². The van der Waals surface area contributed by atoms with Crippen LogP contribution in [0.2, 0.25) is 0 Å². The number of esters is 1. The van der Waals surface area contributed by atoms with E-state index in [1.807, 2.05) is 0 Å². The van der Waals surface area contributed by atoms with Gasteiger partial charge in [0.15, 0.2) is 0 Å². The van der Waals surface area contributed by atoms with Crippen molar-refractivity contribution in [2.24, 2.45) is 10.9 Å². The Morgan fingerprint density at radius 3 is 2.62 bits per heavy atom. The highest BCUT2D eigenvalue weighted by atomic mass is 16.6. The predicted molar refractivity (Wildman–Crippen MR) is 96.0 cm³/mol. The van der Waals surface area contributed by atoms with E-state index in [0.29, 0.717) is 23.4 Å². The molecule has 0 unspecified atom stereocenters. The maximum atomic E-state index is 11.7. The van der Waals surface area contributed by atoms with Crippen molar-refractivity contribution in [3.8, 4) is 5.75 Å². The first kappa shape index (κ1) is 19.0. The van der Waals surface area contributed by atoms with Crippen LogP contribution in [0.1, 0.15) is 45.7 Å². The fraction of sp³-hybridized carbons (Fsp3) is 0.211. The molecular formula is C19H20N2O5. The quantitative estimate of drug-likeness (QED) is 0.450. The molecule has 0 aromatic heterocycles. The second-order valence-electron chi connectivity index (χ2n) is 5.47. The number of primary amides is 1. The smallest absolute Gasteiger partial charge is 0.338 e. The standard InChI is InChI=1S/C19H20N2O5/c1-3-25-19(24)15-6-4-5-13(9-15)11-26-21-12(2)14-7-8-17(22)16(10-14)18(20)23/h4-10,22H,3,11H2,1-2H3,(H2,20,23)/b21-12+. The molecule has 0 fully saturated rings. The van der Waals surface area contributed by atoms with Crippen molar-refractivity contribution in [1.82, 2.24) is 0 Å². The largest absolute Gasteiger partial charge is 0.507 e.